The van der Waals surface area contributed by atoms with Gasteiger partial charge in [-0.15, -0.1) is 0 Å². The van der Waals surface area contributed by atoms with Crippen molar-refractivity contribution < 1.29 is 23.3 Å². The Bertz CT molecular complexity index is 4220. The number of hydrogen-bond donors (Lipinski definition) is 0. The van der Waals surface area contributed by atoms with Crippen LogP contribution in [0.1, 0.15) is 23.3 Å². The van der Waals surface area contributed by atoms with Gasteiger partial charge in [-0.25, -0.2) is 0 Å². The zero-order valence-electron chi connectivity index (χ0n) is 48.7. The van der Waals surface area contributed by atoms with Crippen molar-refractivity contribution >= 4 is 49.6 Å². The van der Waals surface area contributed by atoms with Crippen LogP contribution in [0.3, 0.4) is 0 Å². The molecule has 0 fully saturated rings. The Kier molecular flexibility index (Phi) is 5.46. The van der Waals surface area contributed by atoms with E-state index in [1.807, 2.05) is 103 Å². The highest BCUT2D eigenvalue weighted by atomic mass is 15.1. The fourth-order valence-corrected chi connectivity index (χ4v) is 7.67. The molecule has 10 aromatic carbocycles. The molecule has 0 radical (unpaired) electrons. The monoisotopic (exact) mass is 781 g/mol. The van der Waals surface area contributed by atoms with Crippen molar-refractivity contribution in [3.05, 3.63) is 242 Å². The van der Waals surface area contributed by atoms with Crippen molar-refractivity contribution in [3.8, 4) is 50.2 Å². The molecular weight excluding hydrogens is 725 g/mol. The Morgan fingerprint density at radius 1 is 0.333 bits per heavy atom. The second-order valence-electron chi connectivity index (χ2n) is 14.0. The summed E-state index contributed by atoms with van der Waals surface area (Å²) in [5, 5.41) is 3.76. The first-order valence-electron chi connectivity index (χ1n) is 27.7. The van der Waals surface area contributed by atoms with Gasteiger partial charge in [-0.1, -0.05) is 176 Å². The van der Waals surface area contributed by atoms with Gasteiger partial charge in [0.25, 0.3) is 0 Å². The van der Waals surface area contributed by atoms with Gasteiger partial charge < -0.3 is 9.47 Å². The highest BCUT2D eigenvalue weighted by Crippen LogP contribution is 2.40. The van der Waals surface area contributed by atoms with Gasteiger partial charge in [0.05, 0.1) is 40.0 Å². The summed E-state index contributed by atoms with van der Waals surface area (Å²) in [5.41, 5.74) is 1.13. The fraction of sp³-hybridized carbons (Fsp3) is 0. The van der Waals surface area contributed by atoms with Gasteiger partial charge in [0, 0.05) is 33.2 Å². The molecule has 0 unspecified atom stereocenters. The van der Waals surface area contributed by atoms with E-state index in [1.54, 1.807) is 30.3 Å². The zero-order chi connectivity index (χ0) is 54.6. The fourth-order valence-electron chi connectivity index (χ4n) is 7.67. The van der Waals surface area contributed by atoms with E-state index in [0.29, 0.717) is 5.56 Å². The summed E-state index contributed by atoms with van der Waals surface area (Å²) in [5.74, 6) is 0. The Labute approximate surface area is 374 Å². The van der Waals surface area contributed by atoms with Crippen LogP contribution in [-0.2, 0) is 0 Å². The van der Waals surface area contributed by atoms with E-state index in [-0.39, 0.29) is 11.3 Å². The van der Waals surface area contributed by atoms with Gasteiger partial charge >= 0.3 is 0 Å². The first-order chi connectivity index (χ1) is 36.8. The largest absolute Gasteiger partial charge is 0.311 e. The third-order valence-electron chi connectivity index (χ3n) is 10.5. The van der Waals surface area contributed by atoms with Gasteiger partial charge in [-0.2, -0.15) is 0 Å². The molecule has 0 saturated carbocycles. The van der Waals surface area contributed by atoms with Gasteiger partial charge in [-0.3, -0.25) is 0 Å². The van der Waals surface area contributed by atoms with Gasteiger partial charge in [-0.05, 0) is 117 Å². The maximum absolute atomic E-state index is 9.71. The van der Waals surface area contributed by atoms with E-state index < -0.39 is 136 Å². The van der Waals surface area contributed by atoms with E-state index >= 15 is 0 Å². The topological polar surface area (TPSA) is 8.17 Å². The summed E-state index contributed by atoms with van der Waals surface area (Å²) >= 11 is 0. The number of hydrogen-bond acceptors (Lipinski definition) is 1. The maximum atomic E-state index is 9.71. The quantitative estimate of drug-likeness (QED) is 0.149. The normalized spacial score (nSPS) is 15.3. The van der Waals surface area contributed by atoms with Crippen molar-refractivity contribution in [1.29, 1.82) is 0 Å². The van der Waals surface area contributed by atoms with Gasteiger partial charge in [0.1, 0.15) is 0 Å². The van der Waals surface area contributed by atoms with E-state index in [4.69, 9.17) is 11.0 Å². The molecule has 0 atom stereocenters. The second-order valence-corrected chi connectivity index (χ2v) is 14.0. The molecular formula is C58H40N2. The number of benzene rings is 10. The van der Waals surface area contributed by atoms with Crippen molar-refractivity contribution in [1.82, 2.24) is 4.57 Å². The van der Waals surface area contributed by atoms with Crippen molar-refractivity contribution in [2.75, 3.05) is 4.90 Å². The molecule has 1 aromatic heterocycles. The molecule has 11 aromatic rings. The van der Waals surface area contributed by atoms with Crippen LogP contribution in [-0.4, -0.2) is 4.57 Å². The lowest BCUT2D eigenvalue weighted by atomic mass is 9.98. The van der Waals surface area contributed by atoms with Crippen molar-refractivity contribution in [2.45, 2.75) is 0 Å². The van der Waals surface area contributed by atoms with Crippen LogP contribution in [0.4, 0.5) is 17.1 Å². The lowest BCUT2D eigenvalue weighted by Crippen LogP contribution is -2.09. The van der Waals surface area contributed by atoms with Crippen LogP contribution < -0.4 is 4.90 Å². The molecule has 0 amide bonds. The number of rotatable bonds is 8. The third-order valence-corrected chi connectivity index (χ3v) is 10.5. The van der Waals surface area contributed by atoms with Gasteiger partial charge in [0.2, 0.25) is 0 Å². The molecule has 0 spiro atoms. The standard InChI is InChI=1S/C58H40N2/c1-3-13-41(14-4-1)43-25-32-50(33-26-43)59(51-34-27-44(28-35-51)48-20-11-19-47(39-48)42-15-5-2-6-16-42)52-36-29-45(30-37-52)49-31-38-58-55(40-49)54-22-9-10-23-57(54)60(58)56-24-12-18-46-17-7-8-21-53(46)56/h1-40H/i2D,5D,6D,11D,15D,16D,19D,20D,27D,28D,29D,30D,34D,35D,36D,37D,39D. The Morgan fingerprint density at radius 2 is 0.883 bits per heavy atom. The molecule has 0 aliphatic heterocycles. The minimum Gasteiger partial charge on any atom is -0.311 e. The molecule has 2 nitrogen and oxygen atoms in total. The Balaban J connectivity index is 1.13. The van der Waals surface area contributed by atoms with Crippen LogP contribution in [0.15, 0.2) is 242 Å². The number of para-hydroxylation sites is 1. The minimum atomic E-state index is -0.877. The average Bonchev–Trinajstić information content (AvgIpc) is 3.80. The smallest absolute Gasteiger partial charge is 0.0645 e. The molecule has 0 bridgehead atoms. The van der Waals surface area contributed by atoms with Gasteiger partial charge in [0.15, 0.2) is 0 Å². The molecule has 60 heavy (non-hydrogen) atoms. The Hall–Kier alpha value is -7.94. The van der Waals surface area contributed by atoms with E-state index in [0.717, 1.165) is 54.3 Å². The van der Waals surface area contributed by atoms with Crippen LogP contribution in [0, 0.1) is 0 Å². The molecule has 0 aliphatic carbocycles. The first-order valence-corrected chi connectivity index (χ1v) is 19.2. The van der Waals surface area contributed by atoms with Crippen molar-refractivity contribution in [2.24, 2.45) is 0 Å². The number of anilines is 3. The van der Waals surface area contributed by atoms with Crippen LogP contribution in [0.25, 0.3) is 82.8 Å². The molecule has 282 valence electrons. The van der Waals surface area contributed by atoms with Crippen LogP contribution in [0.2, 0.25) is 0 Å². The summed E-state index contributed by atoms with van der Waals surface area (Å²) in [6.45, 7) is 0. The van der Waals surface area contributed by atoms with E-state index in [1.165, 1.54) is 0 Å². The number of fused-ring (bicyclic) bond motifs is 4. The lowest BCUT2D eigenvalue weighted by Gasteiger charge is -2.26. The number of nitrogens with zero attached hydrogens (tertiary/aromatic N) is 2. The SMILES string of the molecule is [2H]c1c([2H])c([2H])c(-c2c([2H])c([2H])c([2H])c(-c3c([2H])c([2H])c(N(c4ccc(-c5ccccc5)cc4)c4c([2H])c([2H])c(-c5ccc6c(c5)c5ccccc5n6-c5cccc6ccccc56)c([2H])c4[2H])c([2H])c3[2H])c2[2H])c([2H])c1[2H]. The molecule has 2 heteroatoms. The van der Waals surface area contributed by atoms with E-state index in [2.05, 4.69) is 10.6 Å². The molecule has 1 heterocycles. The first kappa shape index (κ1) is 21.7. The lowest BCUT2D eigenvalue weighted by molar-refractivity contribution is 1.20. The maximum Gasteiger partial charge on any atom is 0.0645 e. The second kappa shape index (κ2) is 15.1. The average molecular weight is 782 g/mol. The predicted octanol–water partition coefficient (Wildman–Crippen LogP) is 16.1. The summed E-state index contributed by atoms with van der Waals surface area (Å²) in [7, 11) is 0. The summed E-state index contributed by atoms with van der Waals surface area (Å²) in [6.07, 6.45) is 0. The predicted molar refractivity (Wildman–Crippen MR) is 255 cm³/mol. The molecule has 0 saturated heterocycles. The third kappa shape index (κ3) is 6.41. The minimum absolute atomic E-state index is 0.0353. The van der Waals surface area contributed by atoms with Crippen molar-refractivity contribution in [3.63, 3.8) is 0 Å². The molecule has 0 aliphatic rings. The Morgan fingerprint density at radius 3 is 1.62 bits per heavy atom. The number of aromatic nitrogens is 1. The summed E-state index contributed by atoms with van der Waals surface area (Å²) < 4.78 is 157. The summed E-state index contributed by atoms with van der Waals surface area (Å²) in [6, 6.07) is 30.6. The molecule has 11 rings (SSSR count). The highest BCUT2D eigenvalue weighted by molar-refractivity contribution is 6.11. The van der Waals surface area contributed by atoms with Crippen LogP contribution >= 0.6 is 0 Å². The molecule has 0 N–H and O–H groups in total. The highest BCUT2D eigenvalue weighted by Gasteiger charge is 2.17. The van der Waals surface area contributed by atoms with E-state index in [9.17, 15) is 12.3 Å². The summed E-state index contributed by atoms with van der Waals surface area (Å²) in [4.78, 5) is 1.12. The van der Waals surface area contributed by atoms with Crippen LogP contribution in [0.5, 0.6) is 0 Å². The zero-order valence-corrected chi connectivity index (χ0v) is 31.7.